The zero-order valence-electron chi connectivity index (χ0n) is 6.22. The summed E-state index contributed by atoms with van der Waals surface area (Å²) in [5.74, 6) is 0. The second-order valence-corrected chi connectivity index (χ2v) is 3.27. The van der Waals surface area contributed by atoms with Gasteiger partial charge in [0.1, 0.15) is 0 Å². The molecule has 2 radical (unpaired) electrons. The molecule has 0 aliphatic carbocycles. The first-order valence-electron chi connectivity index (χ1n) is 3.19. The van der Waals surface area contributed by atoms with E-state index in [1.54, 1.807) is 7.11 Å². The molecule has 10 heavy (non-hydrogen) atoms. The molecule has 0 bridgehead atoms. The van der Waals surface area contributed by atoms with Crippen molar-refractivity contribution >= 4 is 14.9 Å². The van der Waals surface area contributed by atoms with Gasteiger partial charge in [-0.15, -0.1) is 0 Å². The first-order chi connectivity index (χ1) is 4.84. The van der Waals surface area contributed by atoms with Crippen LogP contribution in [0.25, 0.3) is 0 Å². The van der Waals surface area contributed by atoms with Gasteiger partial charge < -0.3 is 4.43 Å². The van der Waals surface area contributed by atoms with E-state index in [0.717, 1.165) is 0 Å². The van der Waals surface area contributed by atoms with E-state index in [-0.39, 0.29) is 0 Å². The molecule has 1 rings (SSSR count). The fraction of sp³-hybridized carbons (Fsp3) is 0.250. The van der Waals surface area contributed by atoms with Crippen molar-refractivity contribution < 1.29 is 4.43 Å². The van der Waals surface area contributed by atoms with Crippen molar-refractivity contribution in [3.63, 3.8) is 0 Å². The lowest BCUT2D eigenvalue weighted by molar-refractivity contribution is 0.450. The van der Waals surface area contributed by atoms with Crippen LogP contribution in [0.2, 0.25) is 0 Å². The molecule has 0 spiro atoms. The average molecular weight is 150 g/mol. The molecule has 0 saturated carbocycles. The van der Waals surface area contributed by atoms with Crippen LogP contribution in [-0.2, 0) is 4.43 Å². The molecule has 1 aromatic rings. The van der Waals surface area contributed by atoms with E-state index in [2.05, 4.69) is 19.1 Å². The van der Waals surface area contributed by atoms with Crippen LogP contribution < -0.4 is 5.19 Å². The fourth-order valence-corrected chi connectivity index (χ4v) is 1.43. The van der Waals surface area contributed by atoms with Crippen molar-refractivity contribution in [1.29, 1.82) is 0 Å². The van der Waals surface area contributed by atoms with Crippen molar-refractivity contribution in [2.75, 3.05) is 7.11 Å². The zero-order valence-corrected chi connectivity index (χ0v) is 7.22. The van der Waals surface area contributed by atoms with Gasteiger partial charge in [0.25, 0.3) is 9.76 Å². The maximum atomic E-state index is 5.04. The summed E-state index contributed by atoms with van der Waals surface area (Å²) < 4.78 is 5.04. The minimum atomic E-state index is 0.486. The van der Waals surface area contributed by atoms with E-state index in [1.165, 1.54) is 10.8 Å². The molecule has 2 heteroatoms. The van der Waals surface area contributed by atoms with Gasteiger partial charge in [0.2, 0.25) is 0 Å². The summed E-state index contributed by atoms with van der Waals surface area (Å²) in [6.07, 6.45) is 0. The van der Waals surface area contributed by atoms with Crippen molar-refractivity contribution in [2.24, 2.45) is 0 Å². The molecule has 0 aromatic heterocycles. The summed E-state index contributed by atoms with van der Waals surface area (Å²) >= 11 is 0. The number of hydrogen-bond donors (Lipinski definition) is 0. The van der Waals surface area contributed by atoms with Gasteiger partial charge >= 0.3 is 0 Å². The number of rotatable bonds is 2. The molecule has 1 nitrogen and oxygen atoms in total. The third-order valence-electron chi connectivity index (χ3n) is 1.36. The van der Waals surface area contributed by atoms with Crippen molar-refractivity contribution in [2.45, 2.75) is 6.92 Å². The first-order valence-corrected chi connectivity index (χ1v) is 4.10. The predicted molar refractivity (Wildman–Crippen MR) is 43.6 cm³/mol. The lowest BCUT2D eigenvalue weighted by atomic mass is 10.2. The van der Waals surface area contributed by atoms with Crippen LogP contribution in [0.4, 0.5) is 0 Å². The predicted octanol–water partition coefficient (Wildman–Crippen LogP) is 0.886. The van der Waals surface area contributed by atoms with E-state index in [1.807, 2.05) is 12.1 Å². The summed E-state index contributed by atoms with van der Waals surface area (Å²) in [6.45, 7) is 2.10. The van der Waals surface area contributed by atoms with E-state index >= 15 is 0 Å². The topological polar surface area (TPSA) is 9.23 Å². The minimum absolute atomic E-state index is 0.486. The Morgan fingerprint density at radius 2 is 2.00 bits per heavy atom. The Kier molecular flexibility index (Phi) is 2.65. The second-order valence-electron chi connectivity index (χ2n) is 2.12. The Morgan fingerprint density at radius 1 is 1.30 bits per heavy atom. The van der Waals surface area contributed by atoms with Gasteiger partial charge in [0.05, 0.1) is 0 Å². The van der Waals surface area contributed by atoms with Gasteiger partial charge in [0, 0.05) is 7.11 Å². The molecule has 0 heterocycles. The number of aryl methyl sites for hydroxylation is 1. The normalized spacial score (nSPS) is 9.80. The quantitative estimate of drug-likeness (QED) is 0.569. The van der Waals surface area contributed by atoms with Crippen LogP contribution in [-0.4, -0.2) is 16.9 Å². The SMILES string of the molecule is CO[Si]c1ccccc1C. The smallest absolute Gasteiger partial charge is 0.268 e. The van der Waals surface area contributed by atoms with E-state index in [4.69, 9.17) is 4.43 Å². The number of benzene rings is 1. The summed E-state index contributed by atoms with van der Waals surface area (Å²) in [5.41, 5.74) is 1.31. The standard InChI is InChI=1S/C8H10OSi/c1-7-5-3-4-6-8(7)10-9-2/h3-6H,1-2H3. The molecule has 0 fully saturated rings. The first kappa shape index (κ1) is 7.50. The van der Waals surface area contributed by atoms with E-state index in [9.17, 15) is 0 Å². The van der Waals surface area contributed by atoms with Gasteiger partial charge in [0.15, 0.2) is 0 Å². The summed E-state index contributed by atoms with van der Waals surface area (Å²) in [4.78, 5) is 0. The Hall–Kier alpha value is -0.603. The van der Waals surface area contributed by atoms with Gasteiger partial charge in [-0.05, 0) is 17.7 Å². The Bertz CT molecular complexity index is 210. The van der Waals surface area contributed by atoms with Crippen LogP contribution >= 0.6 is 0 Å². The van der Waals surface area contributed by atoms with Gasteiger partial charge in [-0.3, -0.25) is 0 Å². The summed E-state index contributed by atoms with van der Waals surface area (Å²) in [6, 6.07) is 8.27. The van der Waals surface area contributed by atoms with Crippen molar-refractivity contribution in [3.05, 3.63) is 29.8 Å². The van der Waals surface area contributed by atoms with Gasteiger partial charge in [-0.2, -0.15) is 0 Å². The summed E-state index contributed by atoms with van der Waals surface area (Å²) in [5, 5.41) is 1.30. The maximum absolute atomic E-state index is 5.04. The third-order valence-corrected chi connectivity index (χ3v) is 2.34. The Labute approximate surface area is 64.0 Å². The molecule has 0 aliphatic heterocycles. The lowest BCUT2D eigenvalue weighted by Crippen LogP contribution is -2.18. The molecule has 0 unspecified atom stereocenters. The molecular formula is C8H10OSi. The highest BCUT2D eigenvalue weighted by Gasteiger charge is 1.95. The molecule has 0 saturated heterocycles. The summed E-state index contributed by atoms with van der Waals surface area (Å²) in [7, 11) is 2.21. The van der Waals surface area contributed by atoms with Crippen molar-refractivity contribution in [3.8, 4) is 0 Å². The molecule has 1 aromatic carbocycles. The zero-order chi connectivity index (χ0) is 7.40. The average Bonchev–Trinajstić information content (AvgIpc) is 1.94. The van der Waals surface area contributed by atoms with Crippen LogP contribution in [0, 0.1) is 6.92 Å². The molecule has 0 amide bonds. The monoisotopic (exact) mass is 150 g/mol. The maximum Gasteiger partial charge on any atom is 0.268 e. The van der Waals surface area contributed by atoms with E-state index < -0.39 is 0 Å². The van der Waals surface area contributed by atoms with Crippen LogP contribution in [0.5, 0.6) is 0 Å². The van der Waals surface area contributed by atoms with Crippen LogP contribution in [0.1, 0.15) is 5.56 Å². The third kappa shape index (κ3) is 1.69. The van der Waals surface area contributed by atoms with Crippen molar-refractivity contribution in [1.82, 2.24) is 0 Å². The minimum Gasteiger partial charge on any atom is -0.415 e. The highest BCUT2D eigenvalue weighted by atomic mass is 28.2. The highest BCUT2D eigenvalue weighted by molar-refractivity contribution is 6.47. The lowest BCUT2D eigenvalue weighted by Gasteiger charge is -1.99. The molecule has 0 atom stereocenters. The second kappa shape index (κ2) is 3.54. The van der Waals surface area contributed by atoms with E-state index in [0.29, 0.717) is 9.76 Å². The van der Waals surface area contributed by atoms with Crippen LogP contribution in [0.15, 0.2) is 24.3 Å². The van der Waals surface area contributed by atoms with Crippen LogP contribution in [0.3, 0.4) is 0 Å². The largest absolute Gasteiger partial charge is 0.415 e. The molecular weight excluding hydrogens is 140 g/mol. The Balaban J connectivity index is 2.81. The highest BCUT2D eigenvalue weighted by Crippen LogP contribution is 1.91. The molecule has 0 N–H and O–H groups in total. The number of hydrogen-bond acceptors (Lipinski definition) is 1. The molecule has 52 valence electrons. The fourth-order valence-electron chi connectivity index (χ4n) is 0.797. The van der Waals surface area contributed by atoms with Gasteiger partial charge in [-0.25, -0.2) is 0 Å². The van der Waals surface area contributed by atoms with Gasteiger partial charge in [-0.1, -0.05) is 24.3 Å². The molecule has 0 aliphatic rings. The Morgan fingerprint density at radius 3 is 2.60 bits per heavy atom.